The molecule has 2 rings (SSSR count). The fraction of sp³-hybridized carbons (Fsp3) is 0.143. The van der Waals surface area contributed by atoms with E-state index < -0.39 is 28.9 Å². The van der Waals surface area contributed by atoms with Gasteiger partial charge in [-0.2, -0.15) is 0 Å². The number of nitrogens with zero attached hydrogens (tertiary/aromatic N) is 1. The first-order valence-corrected chi connectivity index (χ1v) is 6.06. The third kappa shape index (κ3) is 2.76. The van der Waals surface area contributed by atoms with Crippen LogP contribution in [0.3, 0.4) is 0 Å². The Labute approximate surface area is 119 Å². The molecule has 0 unspecified atom stereocenters. The summed E-state index contributed by atoms with van der Waals surface area (Å²) in [4.78, 5) is 14.7. The summed E-state index contributed by atoms with van der Waals surface area (Å²) >= 11 is 0. The van der Waals surface area contributed by atoms with Crippen molar-refractivity contribution in [1.29, 1.82) is 0 Å². The van der Waals surface area contributed by atoms with Gasteiger partial charge >= 0.3 is 5.97 Å². The van der Waals surface area contributed by atoms with Crippen molar-refractivity contribution >= 4 is 11.7 Å². The first-order valence-electron chi connectivity index (χ1n) is 6.06. The predicted octanol–water partition coefficient (Wildman–Crippen LogP) is 2.71. The number of rotatable bonds is 4. The number of carboxylic acids is 1. The average molecular weight is 294 g/mol. The van der Waals surface area contributed by atoms with Gasteiger partial charge in [0.2, 0.25) is 0 Å². The van der Waals surface area contributed by atoms with Crippen LogP contribution in [0.1, 0.15) is 17.4 Å². The van der Waals surface area contributed by atoms with E-state index in [2.05, 4.69) is 4.98 Å². The van der Waals surface area contributed by atoms with Gasteiger partial charge in [0.1, 0.15) is 5.82 Å². The van der Waals surface area contributed by atoms with Crippen LogP contribution in [-0.4, -0.2) is 22.7 Å². The number of halogens is 2. The Bertz CT molecular complexity index is 705. The van der Waals surface area contributed by atoms with E-state index in [-0.39, 0.29) is 23.7 Å². The van der Waals surface area contributed by atoms with Crippen LogP contribution in [0, 0.1) is 11.6 Å². The molecule has 0 fully saturated rings. The molecular formula is C14H12F2N2O3. The van der Waals surface area contributed by atoms with Gasteiger partial charge in [-0.05, 0) is 31.2 Å². The van der Waals surface area contributed by atoms with Crippen LogP contribution < -0.4 is 10.5 Å². The molecule has 3 N–H and O–H groups in total. The molecule has 1 aromatic carbocycles. The molecule has 0 atom stereocenters. The van der Waals surface area contributed by atoms with Crippen LogP contribution in [0.25, 0.3) is 11.3 Å². The minimum atomic E-state index is -1.38. The number of nitrogens with two attached hydrogens (primary N) is 1. The van der Waals surface area contributed by atoms with Crippen molar-refractivity contribution < 1.29 is 23.4 Å². The Kier molecular flexibility index (Phi) is 4.02. The molecular weight excluding hydrogens is 282 g/mol. The summed E-state index contributed by atoms with van der Waals surface area (Å²) in [5.41, 5.74) is 4.29. The van der Waals surface area contributed by atoms with Crippen molar-refractivity contribution in [3.63, 3.8) is 0 Å². The standard InChI is InChI=1S/C14H12F2N2O3/c1-2-21-10-6-3-7(15)11(12(10)16)9-5-4-8(17)13(18-9)14(19)20/h3-6H,2,17H2,1H3,(H,19,20). The molecule has 0 aliphatic rings. The monoisotopic (exact) mass is 294 g/mol. The zero-order valence-corrected chi connectivity index (χ0v) is 11.1. The fourth-order valence-electron chi connectivity index (χ4n) is 1.82. The topological polar surface area (TPSA) is 85.4 Å². The van der Waals surface area contributed by atoms with Crippen molar-refractivity contribution in [2.45, 2.75) is 6.92 Å². The molecule has 0 saturated carbocycles. The van der Waals surface area contributed by atoms with Crippen LogP contribution in [0.4, 0.5) is 14.5 Å². The normalized spacial score (nSPS) is 10.4. The molecule has 7 heteroatoms. The Hall–Kier alpha value is -2.70. The summed E-state index contributed by atoms with van der Waals surface area (Å²) in [6.45, 7) is 1.87. The molecule has 21 heavy (non-hydrogen) atoms. The molecule has 2 aromatic rings. The Morgan fingerprint density at radius 1 is 1.33 bits per heavy atom. The molecule has 5 nitrogen and oxygen atoms in total. The molecule has 0 aliphatic heterocycles. The number of benzene rings is 1. The van der Waals surface area contributed by atoms with Crippen molar-refractivity contribution in [3.05, 3.63) is 41.6 Å². The van der Waals surface area contributed by atoms with Gasteiger partial charge < -0.3 is 15.6 Å². The summed E-state index contributed by atoms with van der Waals surface area (Å²) in [5.74, 6) is -3.32. The van der Waals surface area contributed by atoms with Gasteiger partial charge in [-0.1, -0.05) is 0 Å². The van der Waals surface area contributed by atoms with Gasteiger partial charge in [0.15, 0.2) is 17.3 Å². The van der Waals surface area contributed by atoms with Gasteiger partial charge in [-0.25, -0.2) is 18.6 Å². The highest BCUT2D eigenvalue weighted by Crippen LogP contribution is 2.31. The molecule has 110 valence electrons. The van der Waals surface area contributed by atoms with E-state index in [9.17, 15) is 13.6 Å². The number of anilines is 1. The second kappa shape index (κ2) is 5.74. The van der Waals surface area contributed by atoms with Crippen molar-refractivity contribution in [2.24, 2.45) is 0 Å². The van der Waals surface area contributed by atoms with E-state index in [0.29, 0.717) is 0 Å². The van der Waals surface area contributed by atoms with Crippen LogP contribution >= 0.6 is 0 Å². The molecule has 1 aromatic heterocycles. The quantitative estimate of drug-likeness (QED) is 0.905. The second-order valence-electron chi connectivity index (χ2n) is 4.11. The Morgan fingerprint density at radius 3 is 2.67 bits per heavy atom. The highest BCUT2D eigenvalue weighted by Gasteiger charge is 2.20. The fourth-order valence-corrected chi connectivity index (χ4v) is 1.82. The van der Waals surface area contributed by atoms with Crippen molar-refractivity contribution in [3.8, 4) is 17.0 Å². The highest BCUT2D eigenvalue weighted by molar-refractivity contribution is 5.92. The largest absolute Gasteiger partial charge is 0.491 e. The summed E-state index contributed by atoms with van der Waals surface area (Å²) in [6, 6.07) is 4.67. The molecule has 0 saturated heterocycles. The minimum Gasteiger partial charge on any atom is -0.491 e. The van der Waals surface area contributed by atoms with E-state index in [0.717, 1.165) is 12.1 Å². The minimum absolute atomic E-state index is 0.0898. The first-order chi connectivity index (χ1) is 9.95. The van der Waals surface area contributed by atoms with Crippen LogP contribution in [0.5, 0.6) is 5.75 Å². The average Bonchev–Trinajstić information content (AvgIpc) is 2.43. The lowest BCUT2D eigenvalue weighted by atomic mass is 10.1. The Morgan fingerprint density at radius 2 is 2.05 bits per heavy atom. The van der Waals surface area contributed by atoms with Gasteiger partial charge in [0.25, 0.3) is 0 Å². The zero-order valence-electron chi connectivity index (χ0n) is 11.1. The van der Waals surface area contributed by atoms with E-state index >= 15 is 0 Å². The number of carbonyl (C=O) groups is 1. The highest BCUT2D eigenvalue weighted by atomic mass is 19.1. The second-order valence-corrected chi connectivity index (χ2v) is 4.11. The number of aromatic nitrogens is 1. The lowest BCUT2D eigenvalue weighted by molar-refractivity contribution is 0.0692. The summed E-state index contributed by atoms with van der Waals surface area (Å²) < 4.78 is 33.2. The molecule has 0 spiro atoms. The number of hydrogen-bond acceptors (Lipinski definition) is 4. The maximum absolute atomic E-state index is 14.3. The van der Waals surface area contributed by atoms with Crippen molar-refractivity contribution in [2.75, 3.05) is 12.3 Å². The molecule has 0 bridgehead atoms. The molecule has 1 heterocycles. The van der Waals surface area contributed by atoms with E-state index in [4.69, 9.17) is 15.6 Å². The van der Waals surface area contributed by atoms with E-state index in [1.54, 1.807) is 6.92 Å². The lowest BCUT2D eigenvalue weighted by Crippen LogP contribution is -2.07. The van der Waals surface area contributed by atoms with Crippen LogP contribution in [0.15, 0.2) is 24.3 Å². The molecule has 0 radical (unpaired) electrons. The van der Waals surface area contributed by atoms with Gasteiger partial charge in [0, 0.05) is 0 Å². The summed E-state index contributed by atoms with van der Waals surface area (Å²) in [6.07, 6.45) is 0. The lowest BCUT2D eigenvalue weighted by Gasteiger charge is -2.10. The number of ether oxygens (including phenoxy) is 1. The van der Waals surface area contributed by atoms with Gasteiger partial charge in [-0.3, -0.25) is 0 Å². The molecule has 0 aliphatic carbocycles. The smallest absolute Gasteiger partial charge is 0.356 e. The number of nitrogen functional groups attached to an aromatic ring is 1. The van der Waals surface area contributed by atoms with Gasteiger partial charge in [-0.15, -0.1) is 0 Å². The number of aromatic carboxylic acids is 1. The maximum Gasteiger partial charge on any atom is 0.356 e. The SMILES string of the molecule is CCOc1ccc(F)c(-c2ccc(N)c(C(=O)O)n2)c1F. The van der Waals surface area contributed by atoms with Crippen LogP contribution in [0.2, 0.25) is 0 Å². The summed E-state index contributed by atoms with van der Waals surface area (Å²) in [7, 11) is 0. The third-order valence-electron chi connectivity index (χ3n) is 2.74. The van der Waals surface area contributed by atoms with Crippen LogP contribution in [-0.2, 0) is 0 Å². The number of carboxylic acid groups (broad SMARTS) is 1. The zero-order chi connectivity index (χ0) is 15.6. The first kappa shape index (κ1) is 14.7. The third-order valence-corrected chi connectivity index (χ3v) is 2.74. The van der Waals surface area contributed by atoms with Crippen molar-refractivity contribution in [1.82, 2.24) is 4.98 Å². The van der Waals surface area contributed by atoms with E-state index in [1.165, 1.54) is 12.1 Å². The molecule has 0 amide bonds. The maximum atomic E-state index is 14.3. The Balaban J connectivity index is 2.64. The predicted molar refractivity (Wildman–Crippen MR) is 72.1 cm³/mol. The summed E-state index contributed by atoms with van der Waals surface area (Å²) in [5, 5.41) is 8.96. The van der Waals surface area contributed by atoms with E-state index in [1.807, 2.05) is 0 Å². The number of hydrogen-bond donors (Lipinski definition) is 2. The van der Waals surface area contributed by atoms with Gasteiger partial charge in [0.05, 0.1) is 23.6 Å². The number of pyridine rings is 1.